The second-order valence-corrected chi connectivity index (χ2v) is 4.59. The van der Waals surface area contributed by atoms with E-state index in [4.69, 9.17) is 5.73 Å². The third-order valence-electron chi connectivity index (χ3n) is 2.94. The zero-order chi connectivity index (χ0) is 11.0. The molecule has 2 rings (SSSR count). The van der Waals surface area contributed by atoms with Gasteiger partial charge in [0.2, 0.25) is 0 Å². The molecule has 0 spiro atoms. The van der Waals surface area contributed by atoms with Crippen LogP contribution in [0, 0.1) is 0 Å². The Morgan fingerprint density at radius 2 is 2.20 bits per heavy atom. The number of H-pyrrole nitrogens is 1. The summed E-state index contributed by atoms with van der Waals surface area (Å²) in [6.07, 6.45) is 3.10. The van der Waals surface area contributed by atoms with E-state index in [0.29, 0.717) is 18.9 Å². The summed E-state index contributed by atoms with van der Waals surface area (Å²) < 4.78 is 1.72. The molecule has 4 nitrogen and oxygen atoms in total. The van der Waals surface area contributed by atoms with Crippen molar-refractivity contribution in [1.82, 2.24) is 9.78 Å². The van der Waals surface area contributed by atoms with Gasteiger partial charge in [0.05, 0.1) is 0 Å². The Kier molecular flexibility index (Phi) is 2.69. The Hall–Kier alpha value is -1.03. The number of aromatic nitrogens is 2. The van der Waals surface area contributed by atoms with Crippen molar-refractivity contribution < 1.29 is 0 Å². The summed E-state index contributed by atoms with van der Waals surface area (Å²) in [6.45, 7) is 4.58. The molecule has 15 heavy (non-hydrogen) atoms. The van der Waals surface area contributed by atoms with Gasteiger partial charge in [-0.05, 0) is 39.7 Å². The SMILES string of the molecule is CC(C)n1[nH]c(C2CC2)c(CCN)c1=O. The van der Waals surface area contributed by atoms with Crippen molar-refractivity contribution in [3.8, 4) is 0 Å². The summed E-state index contributed by atoms with van der Waals surface area (Å²) >= 11 is 0. The molecule has 84 valence electrons. The molecule has 3 N–H and O–H groups in total. The Balaban J connectivity index is 2.43. The lowest BCUT2D eigenvalue weighted by Crippen LogP contribution is -2.22. The fraction of sp³-hybridized carbons (Fsp3) is 0.727. The van der Waals surface area contributed by atoms with Crippen LogP contribution in [0.3, 0.4) is 0 Å². The smallest absolute Gasteiger partial charge is 0.270 e. The van der Waals surface area contributed by atoms with Crippen LogP contribution in [0.15, 0.2) is 4.79 Å². The zero-order valence-electron chi connectivity index (χ0n) is 9.42. The monoisotopic (exact) mass is 209 g/mol. The fourth-order valence-electron chi connectivity index (χ4n) is 1.97. The molecule has 0 aliphatic heterocycles. The highest BCUT2D eigenvalue weighted by Crippen LogP contribution is 2.40. The summed E-state index contributed by atoms with van der Waals surface area (Å²) in [4.78, 5) is 12.0. The maximum atomic E-state index is 12.0. The molecule has 1 aliphatic rings. The average molecular weight is 209 g/mol. The maximum absolute atomic E-state index is 12.0. The van der Waals surface area contributed by atoms with Crippen molar-refractivity contribution in [1.29, 1.82) is 0 Å². The molecule has 1 aromatic rings. The Labute approximate surface area is 89.5 Å². The second-order valence-electron chi connectivity index (χ2n) is 4.59. The summed E-state index contributed by atoms with van der Waals surface area (Å²) in [5.74, 6) is 0.583. The van der Waals surface area contributed by atoms with E-state index in [1.807, 2.05) is 13.8 Å². The second kappa shape index (κ2) is 3.85. The van der Waals surface area contributed by atoms with E-state index in [9.17, 15) is 4.79 Å². The van der Waals surface area contributed by atoms with E-state index in [1.165, 1.54) is 12.8 Å². The molecule has 1 aliphatic carbocycles. The van der Waals surface area contributed by atoms with Crippen LogP contribution in [0.1, 0.15) is 49.9 Å². The standard InChI is InChI=1S/C11H19N3O/c1-7(2)14-11(15)9(5-6-12)10(13-14)8-3-4-8/h7-8,13H,3-6,12H2,1-2H3. The molecular formula is C11H19N3O. The van der Waals surface area contributed by atoms with Gasteiger partial charge in [-0.2, -0.15) is 0 Å². The van der Waals surface area contributed by atoms with Crippen molar-refractivity contribution in [2.75, 3.05) is 6.54 Å². The topological polar surface area (TPSA) is 63.8 Å². The highest BCUT2D eigenvalue weighted by atomic mass is 16.1. The largest absolute Gasteiger partial charge is 0.330 e. The van der Waals surface area contributed by atoms with Crippen molar-refractivity contribution >= 4 is 0 Å². The first-order valence-corrected chi connectivity index (χ1v) is 5.68. The van der Waals surface area contributed by atoms with E-state index in [0.717, 1.165) is 11.3 Å². The molecule has 4 heteroatoms. The van der Waals surface area contributed by atoms with Gasteiger partial charge in [-0.3, -0.25) is 14.6 Å². The normalized spacial score (nSPS) is 16.3. The molecule has 0 radical (unpaired) electrons. The van der Waals surface area contributed by atoms with Gasteiger partial charge in [0.1, 0.15) is 0 Å². The molecule has 0 amide bonds. The minimum atomic E-state index is 0.123. The van der Waals surface area contributed by atoms with Crippen LogP contribution < -0.4 is 11.3 Å². The first kappa shape index (κ1) is 10.5. The van der Waals surface area contributed by atoms with Gasteiger partial charge in [-0.1, -0.05) is 0 Å². The number of nitrogens with zero attached hydrogens (tertiary/aromatic N) is 1. The van der Waals surface area contributed by atoms with E-state index < -0.39 is 0 Å². The fourth-order valence-corrected chi connectivity index (χ4v) is 1.97. The zero-order valence-corrected chi connectivity index (χ0v) is 9.42. The van der Waals surface area contributed by atoms with Gasteiger partial charge in [-0.15, -0.1) is 0 Å². The molecule has 1 saturated carbocycles. The number of hydrogen-bond donors (Lipinski definition) is 2. The van der Waals surface area contributed by atoms with Crippen LogP contribution in [-0.4, -0.2) is 16.3 Å². The van der Waals surface area contributed by atoms with Crippen molar-refractivity contribution in [2.24, 2.45) is 5.73 Å². The number of nitrogens with two attached hydrogens (primary N) is 1. The summed E-state index contributed by atoms with van der Waals surface area (Å²) in [5, 5.41) is 3.24. The van der Waals surface area contributed by atoms with Gasteiger partial charge in [0, 0.05) is 23.2 Å². The minimum absolute atomic E-state index is 0.123. The third-order valence-corrected chi connectivity index (χ3v) is 2.94. The van der Waals surface area contributed by atoms with Gasteiger partial charge < -0.3 is 5.73 Å². The summed E-state index contributed by atoms with van der Waals surface area (Å²) in [5.41, 5.74) is 7.71. The number of aromatic amines is 1. The molecule has 1 fully saturated rings. The van der Waals surface area contributed by atoms with Gasteiger partial charge in [0.15, 0.2) is 0 Å². The first-order chi connectivity index (χ1) is 7.15. The molecule has 1 heterocycles. The first-order valence-electron chi connectivity index (χ1n) is 5.68. The lowest BCUT2D eigenvalue weighted by molar-refractivity contribution is 0.511. The quantitative estimate of drug-likeness (QED) is 0.781. The van der Waals surface area contributed by atoms with E-state index in [-0.39, 0.29) is 11.6 Å². The molecule has 0 bridgehead atoms. The maximum Gasteiger partial charge on any atom is 0.270 e. The lowest BCUT2D eigenvalue weighted by atomic mass is 10.1. The van der Waals surface area contributed by atoms with Crippen LogP contribution >= 0.6 is 0 Å². The third kappa shape index (κ3) is 1.86. The van der Waals surface area contributed by atoms with Gasteiger partial charge >= 0.3 is 0 Å². The Morgan fingerprint density at radius 3 is 2.67 bits per heavy atom. The average Bonchev–Trinajstić information content (AvgIpc) is 2.95. The molecule has 0 atom stereocenters. The predicted octanol–water partition coefficient (Wildman–Crippen LogP) is 1.14. The van der Waals surface area contributed by atoms with Crippen LogP contribution in [-0.2, 0) is 6.42 Å². The summed E-state index contributed by atoms with van der Waals surface area (Å²) in [7, 11) is 0. The van der Waals surface area contributed by atoms with E-state index in [1.54, 1.807) is 4.68 Å². The van der Waals surface area contributed by atoms with Crippen LogP contribution in [0.2, 0.25) is 0 Å². The molecule has 1 aromatic heterocycles. The van der Waals surface area contributed by atoms with Crippen molar-refractivity contribution in [3.05, 3.63) is 21.6 Å². The van der Waals surface area contributed by atoms with E-state index in [2.05, 4.69) is 5.10 Å². The van der Waals surface area contributed by atoms with E-state index >= 15 is 0 Å². The predicted molar refractivity (Wildman–Crippen MR) is 60.2 cm³/mol. The highest BCUT2D eigenvalue weighted by Gasteiger charge is 2.30. The van der Waals surface area contributed by atoms with Gasteiger partial charge in [0.25, 0.3) is 5.56 Å². The Morgan fingerprint density at radius 1 is 1.53 bits per heavy atom. The van der Waals surface area contributed by atoms with Crippen LogP contribution in [0.4, 0.5) is 0 Å². The number of rotatable bonds is 4. The van der Waals surface area contributed by atoms with Crippen molar-refractivity contribution in [2.45, 2.75) is 45.1 Å². The van der Waals surface area contributed by atoms with Crippen LogP contribution in [0.25, 0.3) is 0 Å². The molecule has 0 aromatic carbocycles. The summed E-state index contributed by atoms with van der Waals surface area (Å²) in [6, 6.07) is 0.196. The Bertz CT molecular complexity index is 398. The minimum Gasteiger partial charge on any atom is -0.330 e. The molecule has 0 unspecified atom stereocenters. The number of hydrogen-bond acceptors (Lipinski definition) is 2. The molecule has 0 saturated heterocycles. The number of nitrogens with one attached hydrogen (secondary N) is 1. The molecular weight excluding hydrogens is 190 g/mol. The van der Waals surface area contributed by atoms with Gasteiger partial charge in [-0.25, -0.2) is 0 Å². The van der Waals surface area contributed by atoms with Crippen LogP contribution in [0.5, 0.6) is 0 Å². The van der Waals surface area contributed by atoms with Crippen molar-refractivity contribution in [3.63, 3.8) is 0 Å². The highest BCUT2D eigenvalue weighted by molar-refractivity contribution is 5.25. The lowest BCUT2D eigenvalue weighted by Gasteiger charge is -2.04.